The number of thiocarbonyl (C=S) groups is 1. The van der Waals surface area contributed by atoms with E-state index in [1.807, 2.05) is 0 Å². The summed E-state index contributed by atoms with van der Waals surface area (Å²) in [5.74, 6) is -2.02. The van der Waals surface area contributed by atoms with Crippen molar-refractivity contribution in [3.05, 3.63) is 46.9 Å². The number of nitrogens with one attached hydrogen (secondary N) is 1. The van der Waals surface area contributed by atoms with Crippen LogP contribution in [-0.2, 0) is 14.8 Å². The predicted octanol–water partition coefficient (Wildman–Crippen LogP) is 2.66. The van der Waals surface area contributed by atoms with Gasteiger partial charge in [0.15, 0.2) is 5.11 Å². The highest BCUT2D eigenvalue weighted by Crippen LogP contribution is 2.30. The molecular formula is C19H21F2N3O5S2. The van der Waals surface area contributed by atoms with Gasteiger partial charge in [-0.15, -0.1) is 0 Å². The lowest BCUT2D eigenvalue weighted by Gasteiger charge is -2.35. The van der Waals surface area contributed by atoms with Crippen molar-refractivity contribution in [2.45, 2.75) is 18.7 Å². The highest BCUT2D eigenvalue weighted by Gasteiger charge is 2.37. The Morgan fingerprint density at radius 2 is 1.81 bits per heavy atom. The number of methoxy groups -OCH3 is 1. The maximum absolute atomic E-state index is 13.8. The van der Waals surface area contributed by atoms with E-state index in [0.717, 1.165) is 19.2 Å². The second-order valence-electron chi connectivity index (χ2n) is 6.86. The number of carbonyl (C=O) groups is 1. The van der Waals surface area contributed by atoms with Crippen molar-refractivity contribution in [3.63, 3.8) is 0 Å². The largest absolute Gasteiger partial charge is 0.465 e. The second kappa shape index (κ2) is 8.89. The zero-order valence-electron chi connectivity index (χ0n) is 17.1. The molecule has 1 aliphatic heterocycles. The van der Waals surface area contributed by atoms with Gasteiger partial charge in [-0.2, -0.15) is 4.31 Å². The van der Waals surface area contributed by atoms with Gasteiger partial charge in [0.2, 0.25) is 10.0 Å². The van der Waals surface area contributed by atoms with Crippen LogP contribution in [0, 0.1) is 25.5 Å². The van der Waals surface area contributed by atoms with Crippen LogP contribution >= 0.6 is 12.2 Å². The van der Waals surface area contributed by atoms with E-state index in [0.29, 0.717) is 0 Å². The Kier molecular flexibility index (Phi) is 6.62. The van der Waals surface area contributed by atoms with Crippen LogP contribution in [0.2, 0.25) is 0 Å². The van der Waals surface area contributed by atoms with E-state index in [2.05, 4.69) is 5.32 Å². The maximum atomic E-state index is 13.8. The molecule has 0 bridgehead atoms. The molecular weight excluding hydrogens is 452 g/mol. The lowest BCUT2D eigenvalue weighted by molar-refractivity contribution is 0.0594. The molecule has 1 N–H and O–H groups in total. The number of nitrogens with zero attached hydrogens (tertiary/aromatic N) is 2. The first kappa shape index (κ1) is 23.1. The Morgan fingerprint density at radius 1 is 1.16 bits per heavy atom. The average Bonchev–Trinajstić information content (AvgIpc) is 3.04. The number of aryl methyl sites for hydroxylation is 2. The molecule has 168 valence electrons. The van der Waals surface area contributed by atoms with Gasteiger partial charge in [0.05, 0.1) is 12.8 Å². The molecule has 31 heavy (non-hydrogen) atoms. The van der Waals surface area contributed by atoms with Crippen molar-refractivity contribution < 1.29 is 31.1 Å². The molecule has 0 unspecified atom stereocenters. The summed E-state index contributed by atoms with van der Waals surface area (Å²) >= 11 is 5.28. The number of esters is 1. The second-order valence-corrected chi connectivity index (χ2v) is 9.12. The van der Waals surface area contributed by atoms with Gasteiger partial charge in [-0.1, -0.05) is 0 Å². The number of hydrogen-bond acceptors (Lipinski definition) is 6. The van der Waals surface area contributed by atoms with Crippen LogP contribution in [0.4, 0.5) is 14.5 Å². The molecule has 8 nitrogen and oxygen atoms in total. The van der Waals surface area contributed by atoms with E-state index in [1.54, 1.807) is 4.90 Å². The van der Waals surface area contributed by atoms with Gasteiger partial charge in [0.25, 0.3) is 0 Å². The Balaban J connectivity index is 1.73. The number of hydrogen-bond donors (Lipinski definition) is 1. The van der Waals surface area contributed by atoms with Crippen molar-refractivity contribution in [2.24, 2.45) is 0 Å². The van der Waals surface area contributed by atoms with Gasteiger partial charge >= 0.3 is 5.97 Å². The van der Waals surface area contributed by atoms with Gasteiger partial charge in [0, 0.05) is 32.2 Å². The van der Waals surface area contributed by atoms with Crippen LogP contribution in [0.25, 0.3) is 0 Å². The molecule has 12 heteroatoms. The molecule has 1 fully saturated rings. The third kappa shape index (κ3) is 4.55. The smallest absolute Gasteiger partial charge is 0.342 e. The highest BCUT2D eigenvalue weighted by atomic mass is 32.2. The third-order valence-electron chi connectivity index (χ3n) is 4.89. The van der Waals surface area contributed by atoms with Crippen molar-refractivity contribution >= 4 is 39.0 Å². The molecule has 1 aliphatic rings. The minimum absolute atomic E-state index is 0.0219. The fourth-order valence-corrected chi connectivity index (χ4v) is 5.44. The van der Waals surface area contributed by atoms with Gasteiger partial charge in [-0.05, 0) is 38.2 Å². The standard InChI is InChI=1S/C19H21F2N3O5S2/c1-11-16(18(25)28-3)17(12(2)29-11)31(26,27)24-8-6-23(7-9-24)19(30)22-15-5-4-13(20)10-14(15)21/h4-5,10H,6-9H2,1-3H3,(H,22,30). The summed E-state index contributed by atoms with van der Waals surface area (Å²) in [6.45, 7) is 3.60. The first-order chi connectivity index (χ1) is 14.6. The lowest BCUT2D eigenvalue weighted by Crippen LogP contribution is -2.51. The molecule has 0 amide bonds. The average molecular weight is 474 g/mol. The molecule has 0 saturated carbocycles. The number of benzene rings is 1. The number of piperazine rings is 1. The molecule has 1 aromatic heterocycles. The molecule has 0 atom stereocenters. The van der Waals surface area contributed by atoms with Crippen LogP contribution in [0.3, 0.4) is 0 Å². The van der Waals surface area contributed by atoms with Gasteiger partial charge in [0.1, 0.15) is 33.6 Å². The van der Waals surface area contributed by atoms with Gasteiger partial charge in [-0.3, -0.25) is 0 Å². The van der Waals surface area contributed by atoms with Crippen LogP contribution in [-0.4, -0.2) is 62.0 Å². The van der Waals surface area contributed by atoms with E-state index < -0.39 is 27.6 Å². The van der Waals surface area contributed by atoms with Crippen LogP contribution in [0.15, 0.2) is 27.5 Å². The minimum Gasteiger partial charge on any atom is -0.465 e. The Morgan fingerprint density at radius 3 is 2.39 bits per heavy atom. The van der Waals surface area contributed by atoms with Crippen molar-refractivity contribution in [1.82, 2.24) is 9.21 Å². The molecule has 2 aromatic rings. The molecule has 1 saturated heterocycles. The molecule has 0 radical (unpaired) electrons. The summed E-state index contributed by atoms with van der Waals surface area (Å²) in [5, 5.41) is 2.90. The van der Waals surface area contributed by atoms with Crippen molar-refractivity contribution in [3.8, 4) is 0 Å². The zero-order valence-corrected chi connectivity index (χ0v) is 18.7. The van der Waals surface area contributed by atoms with E-state index in [4.69, 9.17) is 21.4 Å². The Hall–Kier alpha value is -2.57. The van der Waals surface area contributed by atoms with E-state index in [1.165, 1.54) is 24.2 Å². The fraction of sp³-hybridized carbons (Fsp3) is 0.368. The first-order valence-corrected chi connectivity index (χ1v) is 11.1. The summed E-state index contributed by atoms with van der Waals surface area (Å²) < 4.78 is 64.6. The molecule has 0 spiro atoms. The molecule has 3 rings (SSSR count). The summed E-state index contributed by atoms with van der Waals surface area (Å²) in [4.78, 5) is 13.6. The SMILES string of the molecule is COC(=O)c1c(C)oc(C)c1S(=O)(=O)N1CCN(C(=S)Nc2ccc(F)cc2F)CC1. The number of ether oxygens (including phenoxy) is 1. The van der Waals surface area contributed by atoms with Crippen LogP contribution in [0.5, 0.6) is 0 Å². The van der Waals surface area contributed by atoms with Gasteiger partial charge in [-0.25, -0.2) is 22.0 Å². The zero-order chi connectivity index (χ0) is 22.9. The topological polar surface area (TPSA) is 92.1 Å². The van der Waals surface area contributed by atoms with Crippen molar-refractivity contribution in [2.75, 3.05) is 38.6 Å². The van der Waals surface area contributed by atoms with E-state index >= 15 is 0 Å². The molecule has 1 aromatic carbocycles. The van der Waals surface area contributed by atoms with E-state index in [9.17, 15) is 22.0 Å². The first-order valence-electron chi connectivity index (χ1n) is 9.25. The van der Waals surface area contributed by atoms with Gasteiger partial charge < -0.3 is 19.4 Å². The van der Waals surface area contributed by atoms with E-state index in [-0.39, 0.29) is 59.0 Å². The Bertz CT molecular complexity index is 1130. The monoisotopic (exact) mass is 473 g/mol. The summed E-state index contributed by atoms with van der Waals surface area (Å²) in [5.41, 5.74) is -0.0972. The molecule has 2 heterocycles. The summed E-state index contributed by atoms with van der Waals surface area (Å²) in [7, 11) is -2.87. The normalized spacial score (nSPS) is 15.1. The summed E-state index contributed by atoms with van der Waals surface area (Å²) in [6, 6.07) is 3.08. The number of anilines is 1. The predicted molar refractivity (Wildman–Crippen MR) is 112 cm³/mol. The number of furan rings is 1. The highest BCUT2D eigenvalue weighted by molar-refractivity contribution is 7.89. The maximum Gasteiger partial charge on any atom is 0.342 e. The number of halogens is 2. The molecule has 0 aliphatic carbocycles. The van der Waals surface area contributed by atoms with Crippen LogP contribution < -0.4 is 5.32 Å². The lowest BCUT2D eigenvalue weighted by atomic mass is 10.2. The van der Waals surface area contributed by atoms with Crippen LogP contribution in [0.1, 0.15) is 21.9 Å². The Labute approximate surface area is 183 Å². The summed E-state index contributed by atoms with van der Waals surface area (Å²) in [6.07, 6.45) is 0. The fourth-order valence-electron chi connectivity index (χ4n) is 3.36. The minimum atomic E-state index is -4.03. The number of rotatable bonds is 4. The number of carbonyl (C=O) groups excluding carboxylic acids is 1. The van der Waals surface area contributed by atoms with Crippen molar-refractivity contribution in [1.29, 1.82) is 0 Å². The third-order valence-corrected chi connectivity index (χ3v) is 7.30. The quantitative estimate of drug-likeness (QED) is 0.535. The number of sulfonamides is 1.